The van der Waals surface area contributed by atoms with Gasteiger partial charge in [0.1, 0.15) is 0 Å². The summed E-state index contributed by atoms with van der Waals surface area (Å²) >= 11 is 0. The van der Waals surface area contributed by atoms with Gasteiger partial charge in [-0.25, -0.2) is 0 Å². The molecule has 2 aromatic rings. The Balaban J connectivity index is 2.52. The van der Waals surface area contributed by atoms with Crippen molar-refractivity contribution in [1.29, 1.82) is 5.26 Å². The Hall–Kier alpha value is -1.88. The first-order valence-electron chi connectivity index (χ1n) is 5.09. The normalized spacial score (nSPS) is 12.3. The van der Waals surface area contributed by atoms with Crippen LogP contribution in [0.3, 0.4) is 0 Å². The molecule has 1 atom stereocenters. The molecular weight excluding hydrogens is 184 g/mol. The van der Waals surface area contributed by atoms with Crippen LogP contribution < -0.4 is 0 Å². The fourth-order valence-electron chi connectivity index (χ4n) is 1.68. The Morgan fingerprint density at radius 2 is 2.20 bits per heavy atom. The van der Waals surface area contributed by atoms with Crippen molar-refractivity contribution < 1.29 is 0 Å². The Morgan fingerprint density at radius 3 is 2.93 bits per heavy atom. The number of hydrogen-bond donors (Lipinski definition) is 0. The predicted molar refractivity (Wildman–Crippen MR) is 60.4 cm³/mol. The van der Waals surface area contributed by atoms with E-state index < -0.39 is 0 Å². The van der Waals surface area contributed by atoms with Gasteiger partial charge in [0.05, 0.1) is 17.5 Å². The van der Waals surface area contributed by atoms with Crippen LogP contribution in [0, 0.1) is 11.3 Å². The first-order valence-corrected chi connectivity index (χ1v) is 5.09. The molecule has 0 fully saturated rings. The molecule has 0 aliphatic carbocycles. The second-order valence-electron chi connectivity index (χ2n) is 3.55. The molecule has 0 spiro atoms. The Kier molecular flexibility index (Phi) is 2.64. The van der Waals surface area contributed by atoms with Gasteiger partial charge in [0, 0.05) is 11.6 Å². The number of nitrogens with zero attached hydrogens (tertiary/aromatic N) is 2. The second kappa shape index (κ2) is 4.10. The second-order valence-corrected chi connectivity index (χ2v) is 3.55. The highest BCUT2D eigenvalue weighted by atomic mass is 14.6. The summed E-state index contributed by atoms with van der Waals surface area (Å²) in [4.78, 5) is 4.35. The summed E-state index contributed by atoms with van der Waals surface area (Å²) in [5.41, 5.74) is 1.99. The van der Waals surface area contributed by atoms with Gasteiger partial charge in [0.15, 0.2) is 0 Å². The van der Waals surface area contributed by atoms with Crippen molar-refractivity contribution in [2.75, 3.05) is 0 Å². The third kappa shape index (κ3) is 1.82. The lowest BCUT2D eigenvalue weighted by molar-refractivity contribution is 0.815. The first kappa shape index (κ1) is 9.67. The average molecular weight is 196 g/mol. The van der Waals surface area contributed by atoms with E-state index in [-0.39, 0.29) is 5.92 Å². The van der Waals surface area contributed by atoms with Crippen molar-refractivity contribution in [2.45, 2.75) is 19.3 Å². The SMILES string of the molecule is CCC(C#N)c1cnc2ccccc2c1. The van der Waals surface area contributed by atoms with Crippen LogP contribution in [0.4, 0.5) is 0 Å². The highest BCUT2D eigenvalue weighted by molar-refractivity contribution is 5.78. The van der Waals surface area contributed by atoms with Gasteiger partial charge in [0.25, 0.3) is 0 Å². The van der Waals surface area contributed by atoms with Crippen molar-refractivity contribution in [3.8, 4) is 6.07 Å². The van der Waals surface area contributed by atoms with Crippen molar-refractivity contribution >= 4 is 10.9 Å². The fourth-order valence-corrected chi connectivity index (χ4v) is 1.68. The van der Waals surface area contributed by atoms with Crippen LogP contribution in [0.5, 0.6) is 0 Å². The quantitative estimate of drug-likeness (QED) is 0.739. The highest BCUT2D eigenvalue weighted by Crippen LogP contribution is 2.21. The van der Waals surface area contributed by atoms with Crippen molar-refractivity contribution in [2.24, 2.45) is 0 Å². The molecule has 0 N–H and O–H groups in total. The van der Waals surface area contributed by atoms with Gasteiger partial charge >= 0.3 is 0 Å². The molecule has 0 saturated carbocycles. The lowest BCUT2D eigenvalue weighted by Gasteiger charge is -2.06. The number of hydrogen-bond acceptors (Lipinski definition) is 2. The van der Waals surface area contributed by atoms with E-state index in [1.807, 2.05) is 31.2 Å². The molecule has 2 heteroatoms. The lowest BCUT2D eigenvalue weighted by Crippen LogP contribution is -1.94. The summed E-state index contributed by atoms with van der Waals surface area (Å²) in [6.45, 7) is 2.02. The molecule has 0 saturated heterocycles. The summed E-state index contributed by atoms with van der Waals surface area (Å²) in [5.74, 6) is -0.0397. The minimum Gasteiger partial charge on any atom is -0.256 e. The summed E-state index contributed by atoms with van der Waals surface area (Å²) in [5, 5.41) is 10.1. The largest absolute Gasteiger partial charge is 0.256 e. The number of para-hydroxylation sites is 1. The maximum Gasteiger partial charge on any atom is 0.0725 e. The zero-order valence-electron chi connectivity index (χ0n) is 8.64. The molecule has 1 unspecified atom stereocenters. The maximum absolute atomic E-state index is 8.97. The molecule has 0 aliphatic rings. The minimum atomic E-state index is -0.0397. The Morgan fingerprint density at radius 1 is 1.40 bits per heavy atom. The molecule has 2 nitrogen and oxygen atoms in total. The molecule has 2 rings (SSSR count). The van der Waals surface area contributed by atoms with Crippen molar-refractivity contribution in [3.63, 3.8) is 0 Å². The van der Waals surface area contributed by atoms with Gasteiger partial charge in [-0.1, -0.05) is 25.1 Å². The van der Waals surface area contributed by atoms with E-state index in [0.717, 1.165) is 22.9 Å². The van der Waals surface area contributed by atoms with Crippen molar-refractivity contribution in [3.05, 3.63) is 42.1 Å². The van der Waals surface area contributed by atoms with Crippen LogP contribution in [0.25, 0.3) is 10.9 Å². The van der Waals surface area contributed by atoms with E-state index in [1.54, 1.807) is 6.20 Å². The molecular formula is C13H12N2. The smallest absolute Gasteiger partial charge is 0.0725 e. The van der Waals surface area contributed by atoms with E-state index in [9.17, 15) is 0 Å². The van der Waals surface area contributed by atoms with Crippen LogP contribution in [0.1, 0.15) is 24.8 Å². The van der Waals surface area contributed by atoms with Gasteiger partial charge in [-0.05, 0) is 24.1 Å². The highest BCUT2D eigenvalue weighted by Gasteiger charge is 2.08. The van der Waals surface area contributed by atoms with E-state index in [1.165, 1.54) is 0 Å². The standard InChI is InChI=1S/C13H12N2/c1-2-10(8-14)12-7-11-5-3-4-6-13(11)15-9-12/h3-7,9-10H,2H2,1H3. The number of rotatable bonds is 2. The number of benzene rings is 1. The van der Waals surface area contributed by atoms with Gasteiger partial charge in [0.2, 0.25) is 0 Å². The fraction of sp³-hybridized carbons (Fsp3) is 0.231. The first-order chi connectivity index (χ1) is 7.35. The molecule has 0 aliphatic heterocycles. The summed E-state index contributed by atoms with van der Waals surface area (Å²) in [7, 11) is 0. The van der Waals surface area contributed by atoms with E-state index >= 15 is 0 Å². The van der Waals surface area contributed by atoms with Gasteiger partial charge in [-0.15, -0.1) is 0 Å². The van der Waals surface area contributed by atoms with Crippen LogP contribution in [0.2, 0.25) is 0 Å². The average Bonchev–Trinajstić information content (AvgIpc) is 2.30. The summed E-state index contributed by atoms with van der Waals surface area (Å²) in [6.07, 6.45) is 2.64. The van der Waals surface area contributed by atoms with Gasteiger partial charge in [-0.2, -0.15) is 5.26 Å². The monoisotopic (exact) mass is 196 g/mol. The summed E-state index contributed by atoms with van der Waals surface area (Å²) < 4.78 is 0. The molecule has 0 radical (unpaired) electrons. The molecule has 1 aromatic carbocycles. The molecule has 0 amide bonds. The van der Waals surface area contributed by atoms with Gasteiger partial charge < -0.3 is 0 Å². The van der Waals surface area contributed by atoms with E-state index in [2.05, 4.69) is 17.1 Å². The van der Waals surface area contributed by atoms with Gasteiger partial charge in [-0.3, -0.25) is 4.98 Å². The summed E-state index contributed by atoms with van der Waals surface area (Å²) in [6, 6.07) is 12.3. The molecule has 1 aromatic heterocycles. The van der Waals surface area contributed by atoms with Crippen LogP contribution in [-0.2, 0) is 0 Å². The number of fused-ring (bicyclic) bond motifs is 1. The van der Waals surface area contributed by atoms with Crippen LogP contribution in [0.15, 0.2) is 36.5 Å². The number of aromatic nitrogens is 1. The topological polar surface area (TPSA) is 36.7 Å². The molecule has 74 valence electrons. The maximum atomic E-state index is 8.97. The van der Waals surface area contributed by atoms with Crippen molar-refractivity contribution in [1.82, 2.24) is 4.98 Å². The Bertz CT molecular complexity index is 511. The predicted octanol–water partition coefficient (Wildman–Crippen LogP) is 3.25. The van der Waals surface area contributed by atoms with E-state index in [4.69, 9.17) is 5.26 Å². The Labute approximate surface area is 89.2 Å². The number of nitriles is 1. The molecule has 1 heterocycles. The third-order valence-corrected chi connectivity index (χ3v) is 2.58. The third-order valence-electron chi connectivity index (χ3n) is 2.58. The zero-order chi connectivity index (χ0) is 10.7. The van der Waals surface area contributed by atoms with Crippen LogP contribution in [-0.4, -0.2) is 4.98 Å². The lowest BCUT2D eigenvalue weighted by atomic mass is 9.98. The molecule has 15 heavy (non-hydrogen) atoms. The molecule has 0 bridgehead atoms. The van der Waals surface area contributed by atoms with E-state index in [0.29, 0.717) is 0 Å². The zero-order valence-corrected chi connectivity index (χ0v) is 8.64. The number of pyridine rings is 1. The van der Waals surface area contributed by atoms with Crippen LogP contribution >= 0.6 is 0 Å². The minimum absolute atomic E-state index is 0.0397.